The highest BCUT2D eigenvalue weighted by molar-refractivity contribution is 7.84. The van der Waals surface area contributed by atoms with E-state index in [4.69, 9.17) is 26.0 Å². The summed E-state index contributed by atoms with van der Waals surface area (Å²) in [6.45, 7) is -4.00. The molecule has 0 saturated carbocycles. The summed E-state index contributed by atoms with van der Waals surface area (Å²) in [7, 11) is 0. The van der Waals surface area contributed by atoms with Gasteiger partial charge in [-0.3, -0.25) is 9.59 Å². The summed E-state index contributed by atoms with van der Waals surface area (Å²) in [6.07, 6.45) is -0.774. The Morgan fingerprint density at radius 3 is 2.37 bits per heavy atom. The largest absolute Gasteiger partial charge is 0.481 e. The molecule has 3 N–H and O–H groups in total. The zero-order chi connectivity index (χ0) is 14.5. The van der Waals surface area contributed by atoms with E-state index in [1.54, 1.807) is 18.2 Å². The average Bonchev–Trinajstić information content (AvgIpc) is 2.27. The van der Waals surface area contributed by atoms with Crippen LogP contribution < -0.4 is 9.61 Å². The van der Waals surface area contributed by atoms with Crippen LogP contribution in [-0.4, -0.2) is 28.2 Å². The van der Waals surface area contributed by atoms with Crippen LogP contribution in [0.15, 0.2) is 30.3 Å². The van der Waals surface area contributed by atoms with Gasteiger partial charge in [0.2, 0.25) is 0 Å². The van der Waals surface area contributed by atoms with Crippen molar-refractivity contribution in [2.75, 3.05) is 0 Å². The number of aliphatic carboxylic acids is 2. The van der Waals surface area contributed by atoms with Gasteiger partial charge in [0.05, 0.1) is 6.42 Å². The lowest BCUT2D eigenvalue weighted by Crippen LogP contribution is -2.36. The molecule has 1 aromatic carbocycles. The summed E-state index contributed by atoms with van der Waals surface area (Å²) >= 11 is 5.56. The van der Waals surface area contributed by atoms with Gasteiger partial charge >= 0.3 is 18.8 Å². The number of halogens is 1. The Hall–Kier alpha value is -1.56. The Morgan fingerprint density at radius 2 is 1.89 bits per heavy atom. The second-order valence-corrected chi connectivity index (χ2v) is 6.24. The van der Waals surface area contributed by atoms with Crippen LogP contribution in [0.1, 0.15) is 6.42 Å². The molecule has 1 aromatic rings. The second-order valence-electron chi connectivity index (χ2n) is 3.50. The van der Waals surface area contributed by atoms with E-state index in [0.29, 0.717) is 0 Å². The van der Waals surface area contributed by atoms with Crippen molar-refractivity contribution in [3.8, 4) is 5.75 Å². The Kier molecular flexibility index (Phi) is 5.35. The molecule has 0 amide bonds. The van der Waals surface area contributed by atoms with E-state index in [0.717, 1.165) is 0 Å². The maximum Gasteiger partial charge on any atom is 0.409 e. The molecule has 19 heavy (non-hydrogen) atoms. The molecule has 0 aromatic heterocycles. The van der Waals surface area contributed by atoms with Gasteiger partial charge in [0.1, 0.15) is 11.8 Å². The maximum atomic E-state index is 11.9. The number of rotatable bonds is 7. The monoisotopic (exact) mass is 307 g/mol. The maximum absolute atomic E-state index is 11.9. The number of benzene rings is 1. The Bertz CT molecular complexity index is 508. The number of para-hydroxylation sites is 1. The molecular weight excluding hydrogens is 297 g/mol. The molecule has 104 valence electrons. The first-order chi connectivity index (χ1) is 8.80. The molecule has 0 fully saturated rings. The van der Waals surface area contributed by atoms with Gasteiger partial charge in [0.15, 0.2) is 0 Å². The van der Waals surface area contributed by atoms with Gasteiger partial charge in [-0.1, -0.05) is 18.2 Å². The van der Waals surface area contributed by atoms with Crippen molar-refractivity contribution in [1.82, 2.24) is 5.09 Å². The standard InChI is InChI=1S/C10H11ClNO6P/c11-19(17,18-7-4-2-1-3-5-7)12-8(10(15)16)6-9(13)14/h1-5,8H,6H2,(H,12,17)(H,13,14)(H,15,16)/t8-,19?/m0/s1. The van der Waals surface area contributed by atoms with E-state index < -0.39 is 31.3 Å². The van der Waals surface area contributed by atoms with Crippen molar-refractivity contribution in [1.29, 1.82) is 0 Å². The van der Waals surface area contributed by atoms with Crippen LogP contribution in [0.3, 0.4) is 0 Å². The van der Waals surface area contributed by atoms with Gasteiger partial charge in [-0.25, -0.2) is 9.65 Å². The fourth-order valence-electron chi connectivity index (χ4n) is 1.19. The summed E-state index contributed by atoms with van der Waals surface area (Å²) in [6, 6.07) is 6.26. The van der Waals surface area contributed by atoms with Gasteiger partial charge in [-0.15, -0.1) is 0 Å². The molecule has 0 radical (unpaired) electrons. The lowest BCUT2D eigenvalue weighted by atomic mass is 10.2. The minimum atomic E-state index is -4.00. The van der Waals surface area contributed by atoms with Crippen molar-refractivity contribution in [2.24, 2.45) is 0 Å². The predicted molar refractivity (Wildman–Crippen MR) is 67.3 cm³/mol. The van der Waals surface area contributed by atoms with Crippen LogP contribution in [0.4, 0.5) is 0 Å². The third-order valence-corrected chi connectivity index (χ3v) is 3.52. The van der Waals surface area contributed by atoms with E-state index in [-0.39, 0.29) is 5.75 Å². The van der Waals surface area contributed by atoms with Crippen molar-refractivity contribution in [3.05, 3.63) is 30.3 Å². The number of carboxylic acids is 2. The van der Waals surface area contributed by atoms with Crippen LogP contribution >= 0.6 is 18.1 Å². The summed E-state index contributed by atoms with van der Waals surface area (Å²) in [5, 5.41) is 19.3. The van der Waals surface area contributed by atoms with Crippen molar-refractivity contribution < 1.29 is 28.9 Å². The van der Waals surface area contributed by atoms with Crippen LogP contribution in [0.2, 0.25) is 0 Å². The van der Waals surface area contributed by atoms with Crippen LogP contribution in [-0.2, 0) is 14.2 Å². The summed E-state index contributed by atoms with van der Waals surface area (Å²) < 4.78 is 16.8. The molecule has 0 bridgehead atoms. The smallest absolute Gasteiger partial charge is 0.409 e. The quantitative estimate of drug-likeness (QED) is 0.659. The van der Waals surface area contributed by atoms with Gasteiger partial charge in [0, 0.05) is 11.2 Å². The van der Waals surface area contributed by atoms with E-state index >= 15 is 0 Å². The molecule has 0 saturated heterocycles. The first kappa shape index (κ1) is 15.5. The van der Waals surface area contributed by atoms with E-state index in [9.17, 15) is 14.2 Å². The van der Waals surface area contributed by atoms with Crippen LogP contribution in [0.25, 0.3) is 0 Å². The topological polar surface area (TPSA) is 113 Å². The lowest BCUT2D eigenvalue weighted by Gasteiger charge is -2.17. The molecule has 0 aliphatic carbocycles. The van der Waals surface area contributed by atoms with E-state index in [2.05, 4.69) is 0 Å². The first-order valence-corrected chi connectivity index (χ1v) is 7.60. The van der Waals surface area contributed by atoms with Crippen LogP contribution in [0, 0.1) is 0 Å². The van der Waals surface area contributed by atoms with Crippen molar-refractivity contribution >= 4 is 30.1 Å². The highest BCUT2D eigenvalue weighted by atomic mass is 35.7. The number of nitrogens with one attached hydrogen (secondary N) is 1. The SMILES string of the molecule is O=C(O)C[C@H](NP(=O)(Cl)Oc1ccccc1)C(=O)O. The fourth-order valence-corrected chi connectivity index (χ4v) is 2.80. The highest BCUT2D eigenvalue weighted by Gasteiger charge is 2.31. The molecular formula is C10H11ClNO6P. The van der Waals surface area contributed by atoms with Gasteiger partial charge < -0.3 is 14.7 Å². The van der Waals surface area contributed by atoms with Crippen molar-refractivity contribution in [2.45, 2.75) is 12.5 Å². The van der Waals surface area contributed by atoms with Gasteiger partial charge in [-0.2, -0.15) is 0 Å². The molecule has 2 atom stereocenters. The molecule has 0 heterocycles. The average molecular weight is 308 g/mol. The number of carbonyl (C=O) groups is 2. The third-order valence-electron chi connectivity index (χ3n) is 1.95. The number of hydrogen-bond donors (Lipinski definition) is 3. The number of carboxylic acid groups (broad SMARTS) is 2. The molecule has 9 heteroatoms. The van der Waals surface area contributed by atoms with Gasteiger partial charge in [-0.05, 0) is 12.1 Å². The molecule has 0 spiro atoms. The zero-order valence-corrected chi connectivity index (χ0v) is 11.2. The fraction of sp³-hybridized carbons (Fsp3) is 0.200. The van der Waals surface area contributed by atoms with Gasteiger partial charge in [0.25, 0.3) is 0 Å². The zero-order valence-electron chi connectivity index (χ0n) is 9.52. The lowest BCUT2D eigenvalue weighted by molar-refractivity contribution is -0.145. The Balaban J connectivity index is 2.74. The Morgan fingerprint density at radius 1 is 1.32 bits per heavy atom. The van der Waals surface area contributed by atoms with Crippen LogP contribution in [0.5, 0.6) is 5.75 Å². The summed E-state index contributed by atoms with van der Waals surface area (Å²) in [5.41, 5.74) is 0. The molecule has 7 nitrogen and oxygen atoms in total. The number of hydrogen-bond acceptors (Lipinski definition) is 4. The molecule has 0 aliphatic heterocycles. The Labute approximate surface area is 113 Å². The minimum absolute atomic E-state index is 0.174. The minimum Gasteiger partial charge on any atom is -0.481 e. The summed E-state index contributed by atoms with van der Waals surface area (Å²) in [5.74, 6) is -2.68. The van der Waals surface area contributed by atoms with E-state index in [1.165, 1.54) is 12.1 Å². The van der Waals surface area contributed by atoms with E-state index in [1.807, 2.05) is 5.09 Å². The highest BCUT2D eigenvalue weighted by Crippen LogP contribution is 2.48. The normalized spacial score (nSPS) is 15.2. The molecule has 1 rings (SSSR count). The van der Waals surface area contributed by atoms with Crippen molar-refractivity contribution in [3.63, 3.8) is 0 Å². The third kappa shape index (κ3) is 5.74. The molecule has 0 aliphatic rings. The first-order valence-electron chi connectivity index (χ1n) is 5.07. The second kappa shape index (κ2) is 6.56. The predicted octanol–water partition coefficient (Wildman–Crippen LogP) is 1.93. The molecule has 1 unspecified atom stereocenters. The summed E-state index contributed by atoms with van der Waals surface area (Å²) in [4.78, 5) is 21.3.